The molecule has 1 aliphatic carbocycles. The van der Waals surface area contributed by atoms with E-state index in [2.05, 4.69) is 5.10 Å². The van der Waals surface area contributed by atoms with Crippen LogP contribution in [-0.2, 0) is 16.1 Å². The first-order valence-electron chi connectivity index (χ1n) is 6.57. The molecule has 5 nitrogen and oxygen atoms in total. The van der Waals surface area contributed by atoms with E-state index in [9.17, 15) is 4.79 Å². The lowest BCUT2D eigenvalue weighted by atomic mass is 9.98. The molecule has 0 aromatic carbocycles. The van der Waals surface area contributed by atoms with E-state index in [1.54, 1.807) is 4.68 Å². The number of aromatic nitrogens is 2. The van der Waals surface area contributed by atoms with Gasteiger partial charge in [0.1, 0.15) is 12.6 Å². The molecule has 1 aromatic rings. The molecule has 100 valence electrons. The van der Waals surface area contributed by atoms with Crippen LogP contribution in [0, 0.1) is 13.8 Å². The van der Waals surface area contributed by atoms with E-state index in [1.165, 1.54) is 6.42 Å². The summed E-state index contributed by atoms with van der Waals surface area (Å²) in [7, 11) is 0. The smallest absolute Gasteiger partial charge is 0.328 e. The number of nitrogen functional groups attached to an aromatic ring is 1. The Morgan fingerprint density at radius 1 is 1.39 bits per heavy atom. The average molecular weight is 251 g/mol. The molecule has 1 fully saturated rings. The molecule has 1 heterocycles. The van der Waals surface area contributed by atoms with E-state index in [-0.39, 0.29) is 18.6 Å². The minimum absolute atomic E-state index is 0.0977. The van der Waals surface area contributed by atoms with Crippen molar-refractivity contribution in [1.82, 2.24) is 9.78 Å². The number of nitrogens with two attached hydrogens (primary N) is 1. The van der Waals surface area contributed by atoms with Crippen LogP contribution in [0.15, 0.2) is 0 Å². The minimum atomic E-state index is -0.215. The predicted octanol–water partition coefficient (Wildman–Crippen LogP) is 1.96. The standard InChI is InChI=1S/C13H21N3O2/c1-9-13(14)10(2)16(15-9)8-12(17)18-11-6-4-3-5-7-11/h11H,3-8,14H2,1-2H3. The van der Waals surface area contributed by atoms with Crippen LogP contribution in [0.3, 0.4) is 0 Å². The molecular formula is C13H21N3O2. The summed E-state index contributed by atoms with van der Waals surface area (Å²) in [4.78, 5) is 11.8. The number of carbonyl (C=O) groups excluding carboxylic acids is 1. The number of ether oxygens (including phenoxy) is 1. The van der Waals surface area contributed by atoms with Crippen molar-refractivity contribution in [2.75, 3.05) is 5.73 Å². The van der Waals surface area contributed by atoms with Gasteiger partial charge in [-0.15, -0.1) is 0 Å². The summed E-state index contributed by atoms with van der Waals surface area (Å²) in [5.41, 5.74) is 8.07. The van der Waals surface area contributed by atoms with Crippen LogP contribution < -0.4 is 5.73 Å². The third-order valence-electron chi connectivity index (χ3n) is 3.57. The van der Waals surface area contributed by atoms with Crippen molar-refractivity contribution in [3.63, 3.8) is 0 Å². The van der Waals surface area contributed by atoms with Crippen LogP contribution in [-0.4, -0.2) is 21.9 Å². The molecule has 0 saturated heterocycles. The summed E-state index contributed by atoms with van der Waals surface area (Å²) >= 11 is 0. The van der Waals surface area contributed by atoms with Gasteiger partial charge < -0.3 is 10.5 Å². The van der Waals surface area contributed by atoms with Crippen LogP contribution >= 0.6 is 0 Å². The molecule has 1 aromatic heterocycles. The van der Waals surface area contributed by atoms with Crippen molar-refractivity contribution in [1.29, 1.82) is 0 Å². The van der Waals surface area contributed by atoms with E-state index in [4.69, 9.17) is 10.5 Å². The van der Waals surface area contributed by atoms with Gasteiger partial charge in [-0.3, -0.25) is 9.48 Å². The number of esters is 1. The van der Waals surface area contributed by atoms with Crippen LogP contribution in [0.4, 0.5) is 5.69 Å². The Bertz CT molecular complexity index is 434. The van der Waals surface area contributed by atoms with Crippen LogP contribution in [0.1, 0.15) is 43.5 Å². The highest BCUT2D eigenvalue weighted by molar-refractivity contribution is 5.69. The first-order chi connectivity index (χ1) is 8.58. The fourth-order valence-corrected chi connectivity index (χ4v) is 2.39. The van der Waals surface area contributed by atoms with Gasteiger partial charge in [-0.05, 0) is 39.5 Å². The zero-order valence-electron chi connectivity index (χ0n) is 11.1. The quantitative estimate of drug-likeness (QED) is 0.834. The summed E-state index contributed by atoms with van der Waals surface area (Å²) in [6, 6.07) is 0. The Labute approximate surface area is 107 Å². The van der Waals surface area contributed by atoms with Gasteiger partial charge in [-0.25, -0.2) is 0 Å². The second kappa shape index (κ2) is 5.42. The van der Waals surface area contributed by atoms with Crippen LogP contribution in [0.25, 0.3) is 0 Å². The third kappa shape index (κ3) is 2.83. The van der Waals surface area contributed by atoms with E-state index in [1.807, 2.05) is 13.8 Å². The number of hydrogen-bond acceptors (Lipinski definition) is 4. The van der Waals surface area contributed by atoms with Crippen molar-refractivity contribution in [2.24, 2.45) is 0 Å². The van der Waals surface area contributed by atoms with Gasteiger partial charge in [0, 0.05) is 0 Å². The molecule has 1 saturated carbocycles. The van der Waals surface area contributed by atoms with Gasteiger partial charge >= 0.3 is 5.97 Å². The molecule has 0 spiro atoms. The Hall–Kier alpha value is -1.52. The average Bonchev–Trinajstić information content (AvgIpc) is 2.58. The molecule has 0 aliphatic heterocycles. The van der Waals surface area contributed by atoms with Crippen molar-refractivity contribution in [2.45, 2.75) is 58.6 Å². The highest BCUT2D eigenvalue weighted by Crippen LogP contribution is 2.21. The maximum absolute atomic E-state index is 11.8. The largest absolute Gasteiger partial charge is 0.461 e. The molecule has 18 heavy (non-hydrogen) atoms. The number of carbonyl (C=O) groups is 1. The number of nitrogens with zero attached hydrogens (tertiary/aromatic N) is 2. The zero-order valence-corrected chi connectivity index (χ0v) is 11.1. The molecule has 0 amide bonds. The van der Waals surface area contributed by atoms with Crippen molar-refractivity contribution >= 4 is 11.7 Å². The van der Waals surface area contributed by atoms with Gasteiger partial charge in [-0.1, -0.05) is 6.42 Å². The first-order valence-corrected chi connectivity index (χ1v) is 6.57. The molecule has 2 N–H and O–H groups in total. The maximum atomic E-state index is 11.8. The van der Waals surface area contributed by atoms with Crippen molar-refractivity contribution in [3.05, 3.63) is 11.4 Å². The van der Waals surface area contributed by atoms with Crippen LogP contribution in [0.2, 0.25) is 0 Å². The number of hydrogen-bond donors (Lipinski definition) is 1. The topological polar surface area (TPSA) is 70.1 Å². The number of rotatable bonds is 3. The normalized spacial score (nSPS) is 16.8. The van der Waals surface area contributed by atoms with Gasteiger partial charge in [0.2, 0.25) is 0 Å². The Kier molecular flexibility index (Phi) is 3.89. The molecular weight excluding hydrogens is 230 g/mol. The van der Waals surface area contributed by atoms with Gasteiger partial charge in [0.05, 0.1) is 17.1 Å². The second-order valence-electron chi connectivity index (χ2n) is 4.99. The molecule has 0 atom stereocenters. The highest BCUT2D eigenvalue weighted by atomic mass is 16.5. The Morgan fingerprint density at radius 3 is 2.61 bits per heavy atom. The molecule has 1 aliphatic rings. The van der Waals surface area contributed by atoms with Gasteiger partial charge in [-0.2, -0.15) is 5.10 Å². The van der Waals surface area contributed by atoms with E-state index >= 15 is 0 Å². The minimum Gasteiger partial charge on any atom is -0.461 e. The Morgan fingerprint density at radius 2 is 2.06 bits per heavy atom. The molecule has 2 rings (SSSR count). The fraction of sp³-hybridized carbons (Fsp3) is 0.692. The molecule has 0 radical (unpaired) electrons. The summed E-state index contributed by atoms with van der Waals surface area (Å²) in [5.74, 6) is -0.215. The van der Waals surface area contributed by atoms with E-state index < -0.39 is 0 Å². The Balaban J connectivity index is 1.92. The second-order valence-corrected chi connectivity index (χ2v) is 4.99. The molecule has 5 heteroatoms. The van der Waals surface area contributed by atoms with E-state index in [0.29, 0.717) is 5.69 Å². The van der Waals surface area contributed by atoms with E-state index in [0.717, 1.165) is 37.1 Å². The first kappa shape index (κ1) is 12.9. The van der Waals surface area contributed by atoms with Gasteiger partial charge in [0.15, 0.2) is 0 Å². The molecule has 0 bridgehead atoms. The van der Waals surface area contributed by atoms with Crippen LogP contribution in [0.5, 0.6) is 0 Å². The number of anilines is 1. The summed E-state index contributed by atoms with van der Waals surface area (Å²) in [6.45, 7) is 3.86. The SMILES string of the molecule is Cc1nn(CC(=O)OC2CCCCC2)c(C)c1N. The van der Waals surface area contributed by atoms with Crippen molar-refractivity contribution in [3.8, 4) is 0 Å². The zero-order chi connectivity index (χ0) is 13.1. The lowest BCUT2D eigenvalue weighted by Gasteiger charge is -2.21. The molecule has 0 unspecified atom stereocenters. The lowest BCUT2D eigenvalue weighted by Crippen LogP contribution is -2.24. The fourth-order valence-electron chi connectivity index (χ4n) is 2.39. The summed E-state index contributed by atoms with van der Waals surface area (Å²) in [6.07, 6.45) is 5.65. The lowest BCUT2D eigenvalue weighted by molar-refractivity contribution is -0.151. The monoisotopic (exact) mass is 251 g/mol. The summed E-state index contributed by atoms with van der Waals surface area (Å²) in [5, 5.41) is 4.23. The maximum Gasteiger partial charge on any atom is 0.328 e. The predicted molar refractivity (Wildman–Crippen MR) is 69.1 cm³/mol. The third-order valence-corrected chi connectivity index (χ3v) is 3.57. The van der Waals surface area contributed by atoms with Crippen molar-refractivity contribution < 1.29 is 9.53 Å². The summed E-state index contributed by atoms with van der Waals surface area (Å²) < 4.78 is 7.08. The number of aryl methyl sites for hydroxylation is 1. The van der Waals surface area contributed by atoms with Gasteiger partial charge in [0.25, 0.3) is 0 Å². The highest BCUT2D eigenvalue weighted by Gasteiger charge is 2.19.